The predicted octanol–water partition coefficient (Wildman–Crippen LogP) is 1.33. The summed E-state index contributed by atoms with van der Waals surface area (Å²) in [7, 11) is 3.30. The third kappa shape index (κ3) is 4.34. The van der Waals surface area contributed by atoms with Crippen LogP contribution in [-0.4, -0.2) is 50.8 Å². The Kier molecular flexibility index (Phi) is 5.41. The van der Waals surface area contributed by atoms with Crippen molar-refractivity contribution in [3.05, 3.63) is 18.2 Å². The molecule has 1 aliphatic rings. The molecule has 2 rings (SSSR count). The number of nitrogens with one attached hydrogen (secondary N) is 1. The number of likely N-dealkylation sites (tertiary alicyclic amines) is 1. The molecule has 0 spiro atoms. The number of hydrogen-bond acceptors (Lipinski definition) is 5. The molecule has 0 atom stereocenters. The molecular weight excluding hydrogens is 270 g/mol. The van der Waals surface area contributed by atoms with E-state index in [1.54, 1.807) is 32.4 Å². The molecule has 1 heterocycles. The van der Waals surface area contributed by atoms with E-state index >= 15 is 0 Å². The second-order valence-electron chi connectivity index (χ2n) is 5.22. The van der Waals surface area contributed by atoms with Gasteiger partial charge in [-0.15, -0.1) is 0 Å². The van der Waals surface area contributed by atoms with E-state index in [9.17, 15) is 4.79 Å². The summed E-state index contributed by atoms with van der Waals surface area (Å²) in [6, 6.07) is 5.19. The molecular formula is C15H23N3O3. The van der Waals surface area contributed by atoms with E-state index in [1.165, 1.54) is 0 Å². The van der Waals surface area contributed by atoms with Gasteiger partial charge < -0.3 is 20.5 Å². The fraction of sp³-hybridized carbons (Fsp3) is 0.533. The molecule has 3 N–H and O–H groups in total. The zero-order valence-electron chi connectivity index (χ0n) is 12.6. The maximum absolute atomic E-state index is 12.1. The number of nitrogen functional groups attached to an aromatic ring is 1. The average molecular weight is 293 g/mol. The van der Waals surface area contributed by atoms with E-state index in [4.69, 9.17) is 15.2 Å². The number of benzene rings is 1. The molecule has 0 aromatic heterocycles. The van der Waals surface area contributed by atoms with Gasteiger partial charge in [0.15, 0.2) is 0 Å². The third-order valence-corrected chi connectivity index (χ3v) is 3.73. The van der Waals surface area contributed by atoms with E-state index < -0.39 is 0 Å². The highest BCUT2D eigenvalue weighted by Crippen LogP contribution is 2.26. The lowest BCUT2D eigenvalue weighted by Gasteiger charge is -2.30. The number of anilines is 2. The van der Waals surface area contributed by atoms with Crippen LogP contribution in [0.4, 0.5) is 11.4 Å². The van der Waals surface area contributed by atoms with Crippen molar-refractivity contribution in [1.82, 2.24) is 4.90 Å². The van der Waals surface area contributed by atoms with Gasteiger partial charge in [0.2, 0.25) is 5.91 Å². The lowest BCUT2D eigenvalue weighted by Crippen LogP contribution is -2.41. The van der Waals surface area contributed by atoms with Crippen LogP contribution in [0.1, 0.15) is 12.8 Å². The highest BCUT2D eigenvalue weighted by Gasteiger charge is 2.20. The van der Waals surface area contributed by atoms with Gasteiger partial charge >= 0.3 is 0 Å². The van der Waals surface area contributed by atoms with Gasteiger partial charge in [-0.1, -0.05) is 0 Å². The predicted molar refractivity (Wildman–Crippen MR) is 82.5 cm³/mol. The summed E-state index contributed by atoms with van der Waals surface area (Å²) in [4.78, 5) is 14.3. The minimum atomic E-state index is -0.0604. The van der Waals surface area contributed by atoms with Gasteiger partial charge in [-0.3, -0.25) is 9.69 Å². The number of hydrogen-bond donors (Lipinski definition) is 2. The van der Waals surface area contributed by atoms with Gasteiger partial charge in [0.25, 0.3) is 0 Å². The van der Waals surface area contributed by atoms with E-state index in [0.717, 1.165) is 25.9 Å². The maximum Gasteiger partial charge on any atom is 0.238 e. The third-order valence-electron chi connectivity index (χ3n) is 3.73. The molecule has 0 unspecified atom stereocenters. The number of ether oxygens (including phenoxy) is 2. The van der Waals surface area contributed by atoms with Crippen LogP contribution in [0.5, 0.6) is 5.75 Å². The number of nitrogens with two attached hydrogens (primary N) is 1. The summed E-state index contributed by atoms with van der Waals surface area (Å²) in [6.45, 7) is 2.12. The van der Waals surface area contributed by atoms with Crippen LogP contribution in [0.2, 0.25) is 0 Å². The first-order valence-electron chi connectivity index (χ1n) is 7.11. The summed E-state index contributed by atoms with van der Waals surface area (Å²) in [5.74, 6) is 0.547. The number of nitrogens with zero attached hydrogens (tertiary/aromatic N) is 1. The van der Waals surface area contributed by atoms with Crippen molar-refractivity contribution in [2.45, 2.75) is 18.9 Å². The first-order valence-corrected chi connectivity index (χ1v) is 7.11. The van der Waals surface area contributed by atoms with Gasteiger partial charge in [0.05, 0.1) is 25.4 Å². The molecule has 1 saturated heterocycles. The zero-order valence-corrected chi connectivity index (χ0v) is 12.6. The van der Waals surface area contributed by atoms with Crippen LogP contribution in [-0.2, 0) is 9.53 Å². The molecule has 1 aliphatic heterocycles. The molecule has 21 heavy (non-hydrogen) atoms. The first-order chi connectivity index (χ1) is 10.1. The quantitative estimate of drug-likeness (QED) is 0.801. The first kappa shape index (κ1) is 15.6. The van der Waals surface area contributed by atoms with Crippen LogP contribution in [0.25, 0.3) is 0 Å². The van der Waals surface area contributed by atoms with Gasteiger partial charge in [0.1, 0.15) is 5.75 Å². The van der Waals surface area contributed by atoms with E-state index in [0.29, 0.717) is 29.8 Å². The highest BCUT2D eigenvalue weighted by atomic mass is 16.5. The summed E-state index contributed by atoms with van der Waals surface area (Å²) in [5, 5.41) is 2.86. The molecule has 0 radical (unpaired) electrons. The molecule has 6 nitrogen and oxygen atoms in total. The molecule has 1 amide bonds. The second kappa shape index (κ2) is 7.28. The topological polar surface area (TPSA) is 76.8 Å². The molecule has 1 aromatic rings. The Balaban J connectivity index is 1.89. The summed E-state index contributed by atoms with van der Waals surface area (Å²) in [6.07, 6.45) is 2.25. The second-order valence-corrected chi connectivity index (χ2v) is 5.22. The van der Waals surface area contributed by atoms with Crippen LogP contribution in [0.15, 0.2) is 18.2 Å². The molecule has 6 heteroatoms. The molecule has 0 bridgehead atoms. The Morgan fingerprint density at radius 1 is 1.38 bits per heavy atom. The van der Waals surface area contributed by atoms with Gasteiger partial charge in [-0.25, -0.2) is 0 Å². The SMILES string of the molecule is COc1ccc(N)cc1NC(=O)CN1CCC(OC)CC1. The zero-order chi connectivity index (χ0) is 15.2. The standard InChI is InChI=1S/C15H23N3O3/c1-20-12-5-7-18(8-6-12)10-15(19)17-13-9-11(16)3-4-14(13)21-2/h3-4,9,12H,5-8,10,16H2,1-2H3,(H,17,19). The normalized spacial score (nSPS) is 16.7. The molecule has 0 aliphatic carbocycles. The minimum Gasteiger partial charge on any atom is -0.495 e. The Morgan fingerprint density at radius 2 is 2.10 bits per heavy atom. The van der Waals surface area contributed by atoms with Gasteiger partial charge in [-0.2, -0.15) is 0 Å². The highest BCUT2D eigenvalue weighted by molar-refractivity contribution is 5.94. The summed E-state index contributed by atoms with van der Waals surface area (Å²) in [5.41, 5.74) is 6.94. The van der Waals surface area contributed by atoms with Crippen LogP contribution >= 0.6 is 0 Å². The largest absolute Gasteiger partial charge is 0.495 e. The van der Waals surface area contributed by atoms with E-state index in [1.807, 2.05) is 0 Å². The maximum atomic E-state index is 12.1. The fourth-order valence-corrected chi connectivity index (χ4v) is 2.52. The van der Waals surface area contributed by atoms with Crippen LogP contribution < -0.4 is 15.8 Å². The minimum absolute atomic E-state index is 0.0604. The van der Waals surface area contributed by atoms with Crippen molar-refractivity contribution < 1.29 is 14.3 Å². The van der Waals surface area contributed by atoms with Crippen molar-refractivity contribution in [2.24, 2.45) is 0 Å². The molecule has 1 aromatic carbocycles. The van der Waals surface area contributed by atoms with Crippen LogP contribution in [0, 0.1) is 0 Å². The van der Waals surface area contributed by atoms with E-state index in [2.05, 4.69) is 10.2 Å². The van der Waals surface area contributed by atoms with Crippen molar-refractivity contribution >= 4 is 17.3 Å². The van der Waals surface area contributed by atoms with Crippen molar-refractivity contribution in [1.29, 1.82) is 0 Å². The number of carbonyl (C=O) groups is 1. The van der Waals surface area contributed by atoms with Crippen LogP contribution in [0.3, 0.4) is 0 Å². The Hall–Kier alpha value is -1.79. The Labute approximate surface area is 125 Å². The summed E-state index contributed by atoms with van der Waals surface area (Å²) < 4.78 is 10.5. The van der Waals surface area contributed by atoms with Crippen molar-refractivity contribution in [2.75, 3.05) is 44.9 Å². The Morgan fingerprint density at radius 3 is 2.71 bits per heavy atom. The van der Waals surface area contributed by atoms with Crippen molar-refractivity contribution in [3.63, 3.8) is 0 Å². The molecule has 1 fully saturated rings. The lowest BCUT2D eigenvalue weighted by molar-refractivity contribution is -0.117. The number of carbonyl (C=O) groups excluding carboxylic acids is 1. The average Bonchev–Trinajstić information content (AvgIpc) is 2.48. The number of methoxy groups -OCH3 is 2. The lowest BCUT2D eigenvalue weighted by atomic mass is 10.1. The number of rotatable bonds is 5. The van der Waals surface area contributed by atoms with Crippen molar-refractivity contribution in [3.8, 4) is 5.75 Å². The van der Waals surface area contributed by atoms with Gasteiger partial charge in [0, 0.05) is 25.9 Å². The fourth-order valence-electron chi connectivity index (χ4n) is 2.52. The summed E-state index contributed by atoms with van der Waals surface area (Å²) >= 11 is 0. The number of amides is 1. The number of piperidine rings is 1. The molecule has 116 valence electrons. The van der Waals surface area contributed by atoms with Gasteiger partial charge in [-0.05, 0) is 31.0 Å². The smallest absolute Gasteiger partial charge is 0.238 e. The Bertz CT molecular complexity index is 485. The van der Waals surface area contributed by atoms with E-state index in [-0.39, 0.29) is 5.91 Å². The molecule has 0 saturated carbocycles. The monoisotopic (exact) mass is 293 g/mol.